The van der Waals surface area contributed by atoms with E-state index in [0.717, 1.165) is 37.3 Å². The van der Waals surface area contributed by atoms with Crippen LogP contribution in [0.25, 0.3) is 0 Å². The largest absolute Gasteiger partial charge is 0.497 e. The van der Waals surface area contributed by atoms with Gasteiger partial charge in [0.1, 0.15) is 12.3 Å². The summed E-state index contributed by atoms with van der Waals surface area (Å²) in [5.74, 6) is 1.57. The number of aromatic nitrogens is 3. The molecule has 1 saturated carbocycles. The molecule has 2 aliphatic rings. The van der Waals surface area contributed by atoms with Crippen LogP contribution in [0.3, 0.4) is 0 Å². The van der Waals surface area contributed by atoms with Crippen molar-refractivity contribution < 1.29 is 9.53 Å². The van der Waals surface area contributed by atoms with E-state index in [-0.39, 0.29) is 18.5 Å². The molecule has 1 aliphatic heterocycles. The number of likely N-dealkylation sites (tertiary alicyclic amines) is 1. The first-order valence-corrected chi connectivity index (χ1v) is 9.05. The molecule has 1 aromatic heterocycles. The highest BCUT2D eigenvalue weighted by Crippen LogP contribution is 2.38. The number of hydrogen-bond acceptors (Lipinski definition) is 4. The van der Waals surface area contributed by atoms with Crippen molar-refractivity contribution in [2.45, 2.75) is 50.6 Å². The topological polar surface area (TPSA) is 60.2 Å². The molecule has 2 aromatic rings. The average molecular weight is 340 g/mol. The highest BCUT2D eigenvalue weighted by Gasteiger charge is 2.30. The summed E-state index contributed by atoms with van der Waals surface area (Å²) in [4.78, 5) is 14.8. The molecule has 6 nitrogen and oxygen atoms in total. The van der Waals surface area contributed by atoms with Crippen molar-refractivity contribution in [1.82, 2.24) is 19.9 Å². The van der Waals surface area contributed by atoms with Crippen molar-refractivity contribution >= 4 is 5.91 Å². The van der Waals surface area contributed by atoms with Gasteiger partial charge < -0.3 is 9.64 Å². The summed E-state index contributed by atoms with van der Waals surface area (Å²) in [5, 5.41) is 8.32. The number of methoxy groups -OCH3 is 1. The van der Waals surface area contributed by atoms with Crippen LogP contribution in [0.1, 0.15) is 42.9 Å². The third kappa shape index (κ3) is 3.67. The molecular weight excluding hydrogens is 316 g/mol. The molecule has 2 fully saturated rings. The van der Waals surface area contributed by atoms with E-state index in [1.54, 1.807) is 11.8 Å². The van der Waals surface area contributed by atoms with Crippen molar-refractivity contribution in [2.75, 3.05) is 13.7 Å². The van der Waals surface area contributed by atoms with Gasteiger partial charge in [0, 0.05) is 24.7 Å². The summed E-state index contributed by atoms with van der Waals surface area (Å²) in [5.41, 5.74) is 2.24. The summed E-state index contributed by atoms with van der Waals surface area (Å²) in [7, 11) is 1.68. The Bertz CT molecular complexity index is 753. The highest BCUT2D eigenvalue weighted by molar-refractivity contribution is 5.76. The van der Waals surface area contributed by atoms with E-state index in [4.69, 9.17) is 4.74 Å². The minimum absolute atomic E-state index is 0.137. The van der Waals surface area contributed by atoms with Crippen LogP contribution in [-0.4, -0.2) is 45.5 Å². The highest BCUT2D eigenvalue weighted by atomic mass is 16.5. The molecule has 0 spiro atoms. The van der Waals surface area contributed by atoms with Gasteiger partial charge in [-0.3, -0.25) is 4.79 Å². The van der Waals surface area contributed by atoms with Crippen molar-refractivity contribution in [3.8, 4) is 5.75 Å². The Morgan fingerprint density at radius 2 is 2.20 bits per heavy atom. The van der Waals surface area contributed by atoms with Gasteiger partial charge in [-0.25, -0.2) is 4.68 Å². The van der Waals surface area contributed by atoms with Gasteiger partial charge in [-0.05, 0) is 49.8 Å². The van der Waals surface area contributed by atoms with E-state index in [2.05, 4.69) is 22.4 Å². The minimum Gasteiger partial charge on any atom is -0.497 e. The predicted molar refractivity (Wildman–Crippen MR) is 93.4 cm³/mol. The Hall–Kier alpha value is -2.37. The Balaban J connectivity index is 1.40. The zero-order chi connectivity index (χ0) is 17.2. The maximum absolute atomic E-state index is 12.7. The van der Waals surface area contributed by atoms with Crippen LogP contribution in [0.5, 0.6) is 5.75 Å². The lowest BCUT2D eigenvalue weighted by Crippen LogP contribution is -2.39. The van der Waals surface area contributed by atoms with E-state index >= 15 is 0 Å². The molecule has 0 bridgehead atoms. The number of amides is 1. The van der Waals surface area contributed by atoms with Gasteiger partial charge in [0.25, 0.3) is 0 Å². The summed E-state index contributed by atoms with van der Waals surface area (Å²) < 4.78 is 6.99. The molecule has 1 atom stereocenters. The number of carbonyl (C=O) groups is 1. The maximum Gasteiger partial charge on any atom is 0.244 e. The molecule has 0 N–H and O–H groups in total. The molecule has 132 valence electrons. The smallest absolute Gasteiger partial charge is 0.244 e. The second-order valence-corrected chi connectivity index (χ2v) is 7.05. The van der Waals surface area contributed by atoms with Crippen LogP contribution >= 0.6 is 0 Å². The van der Waals surface area contributed by atoms with Crippen molar-refractivity contribution in [2.24, 2.45) is 0 Å². The second kappa shape index (κ2) is 6.86. The molecule has 1 amide bonds. The molecule has 1 aromatic carbocycles. The zero-order valence-corrected chi connectivity index (χ0v) is 14.6. The normalized spacial score (nSPS) is 20.0. The number of rotatable bonds is 6. The zero-order valence-electron chi connectivity index (χ0n) is 14.6. The fraction of sp³-hybridized carbons (Fsp3) is 0.526. The standard InChI is InChI=1S/C19H24N4O2/c1-25-17-6-2-4-14(11-17)10-16-5-3-9-23(16)19(24)13-22-12-18(20-21-22)15-7-8-15/h2,4,6,11-12,15-16H,3,5,7-10,13H2,1H3/t16-/m1/s1. The lowest BCUT2D eigenvalue weighted by Gasteiger charge is -2.25. The number of nitrogens with zero attached hydrogens (tertiary/aromatic N) is 4. The molecule has 25 heavy (non-hydrogen) atoms. The molecule has 1 aliphatic carbocycles. The van der Waals surface area contributed by atoms with Crippen molar-refractivity contribution in [3.63, 3.8) is 0 Å². The van der Waals surface area contributed by atoms with Gasteiger partial charge in [-0.15, -0.1) is 5.10 Å². The minimum atomic E-state index is 0.137. The Labute approximate surface area is 147 Å². The van der Waals surface area contributed by atoms with Gasteiger partial charge in [0.15, 0.2) is 0 Å². The van der Waals surface area contributed by atoms with Crippen LogP contribution in [-0.2, 0) is 17.8 Å². The first kappa shape index (κ1) is 16.1. The van der Waals surface area contributed by atoms with E-state index in [0.29, 0.717) is 5.92 Å². The molecule has 4 rings (SSSR count). The van der Waals surface area contributed by atoms with Crippen LogP contribution in [0.2, 0.25) is 0 Å². The van der Waals surface area contributed by atoms with Crippen LogP contribution in [0.4, 0.5) is 0 Å². The quantitative estimate of drug-likeness (QED) is 0.810. The molecular formula is C19H24N4O2. The second-order valence-electron chi connectivity index (χ2n) is 7.05. The molecule has 0 unspecified atom stereocenters. The number of hydrogen-bond donors (Lipinski definition) is 0. The Morgan fingerprint density at radius 1 is 1.32 bits per heavy atom. The predicted octanol–water partition coefficient (Wildman–Crippen LogP) is 2.40. The van der Waals surface area contributed by atoms with Crippen molar-refractivity contribution in [3.05, 3.63) is 41.7 Å². The molecule has 0 radical (unpaired) electrons. The van der Waals surface area contributed by atoms with Crippen molar-refractivity contribution in [1.29, 1.82) is 0 Å². The SMILES string of the molecule is COc1cccc(C[C@H]2CCCN2C(=O)Cn2cc(C3CC3)nn2)c1. The molecule has 1 saturated heterocycles. The van der Waals surface area contributed by atoms with E-state index in [1.165, 1.54) is 18.4 Å². The summed E-state index contributed by atoms with van der Waals surface area (Å²) in [6.07, 6.45) is 7.30. The third-order valence-corrected chi connectivity index (χ3v) is 5.15. The van der Waals surface area contributed by atoms with Gasteiger partial charge in [0.2, 0.25) is 5.91 Å². The van der Waals surface area contributed by atoms with Crippen LogP contribution in [0, 0.1) is 0 Å². The number of benzene rings is 1. The number of ether oxygens (including phenoxy) is 1. The van der Waals surface area contributed by atoms with Gasteiger partial charge in [-0.1, -0.05) is 17.3 Å². The van der Waals surface area contributed by atoms with E-state index in [9.17, 15) is 4.79 Å². The van der Waals surface area contributed by atoms with Gasteiger partial charge in [0.05, 0.1) is 12.8 Å². The Kier molecular flexibility index (Phi) is 4.42. The monoisotopic (exact) mass is 340 g/mol. The fourth-order valence-electron chi connectivity index (χ4n) is 3.63. The molecule has 6 heteroatoms. The lowest BCUT2D eigenvalue weighted by atomic mass is 10.0. The average Bonchev–Trinajstić information content (AvgIpc) is 3.19. The summed E-state index contributed by atoms with van der Waals surface area (Å²) >= 11 is 0. The van der Waals surface area contributed by atoms with E-state index < -0.39 is 0 Å². The summed E-state index contributed by atoms with van der Waals surface area (Å²) in [6, 6.07) is 8.36. The molecule has 2 heterocycles. The van der Waals surface area contributed by atoms with Crippen LogP contribution in [0.15, 0.2) is 30.5 Å². The summed E-state index contributed by atoms with van der Waals surface area (Å²) in [6.45, 7) is 1.12. The maximum atomic E-state index is 12.7. The van der Waals surface area contributed by atoms with Gasteiger partial charge in [-0.2, -0.15) is 0 Å². The lowest BCUT2D eigenvalue weighted by molar-refractivity contribution is -0.132. The van der Waals surface area contributed by atoms with Gasteiger partial charge >= 0.3 is 0 Å². The fourth-order valence-corrected chi connectivity index (χ4v) is 3.63. The van der Waals surface area contributed by atoms with E-state index in [1.807, 2.05) is 23.2 Å². The third-order valence-electron chi connectivity index (χ3n) is 5.15. The Morgan fingerprint density at radius 3 is 3.00 bits per heavy atom. The first-order chi connectivity index (χ1) is 12.2. The first-order valence-electron chi connectivity index (χ1n) is 9.05. The number of carbonyl (C=O) groups excluding carboxylic acids is 1. The van der Waals surface area contributed by atoms with Crippen LogP contribution < -0.4 is 4.74 Å².